The number of hydrogen-bond acceptors (Lipinski definition) is 10. The molecule has 0 aliphatic carbocycles. The van der Waals surface area contributed by atoms with Crippen LogP contribution in [0.1, 0.15) is 0 Å². The smallest absolute Gasteiger partial charge is 0.323 e. The Morgan fingerprint density at radius 1 is 0.839 bits per heavy atom. The molecule has 2 aliphatic heterocycles. The zero-order valence-corrected chi connectivity index (χ0v) is 15.6. The van der Waals surface area contributed by atoms with E-state index in [9.17, 15) is 49.2 Å². The van der Waals surface area contributed by atoms with Crippen LogP contribution < -0.4 is 42.5 Å². The average molecular weight is 448 g/mol. The van der Waals surface area contributed by atoms with Gasteiger partial charge in [-0.25, -0.2) is 19.2 Å². The van der Waals surface area contributed by atoms with E-state index in [0.717, 1.165) is 0 Å². The molecule has 0 radical (unpaired) electrons. The van der Waals surface area contributed by atoms with E-state index in [1.807, 2.05) is 37.2 Å². The van der Waals surface area contributed by atoms with Gasteiger partial charge in [0.15, 0.2) is 5.60 Å². The molecule has 12 N–H and O–H groups in total. The van der Waals surface area contributed by atoms with E-state index in [1.165, 1.54) is 0 Å². The number of amides is 10. The summed E-state index contributed by atoms with van der Waals surface area (Å²) in [5.41, 5.74) is -7.47. The molecule has 0 aromatic rings. The summed E-state index contributed by atoms with van der Waals surface area (Å²) in [5.74, 6) is -2.31. The van der Waals surface area contributed by atoms with Gasteiger partial charge in [0, 0.05) is 0 Å². The van der Waals surface area contributed by atoms with E-state index < -0.39 is 79.4 Å². The van der Waals surface area contributed by atoms with Gasteiger partial charge in [0.2, 0.25) is 11.3 Å². The van der Waals surface area contributed by atoms with Crippen molar-refractivity contribution in [3.8, 4) is 0 Å². The van der Waals surface area contributed by atoms with E-state index in [-0.39, 0.29) is 0 Å². The second kappa shape index (κ2) is 8.55. The van der Waals surface area contributed by atoms with Crippen molar-refractivity contribution in [1.82, 2.24) is 42.5 Å². The lowest BCUT2D eigenvalue weighted by Crippen LogP contribution is -2.77. The summed E-state index contributed by atoms with van der Waals surface area (Å²) in [4.78, 5) is 70.4. The number of carbonyl (C=O) groups excluding carboxylic acids is 6. The van der Waals surface area contributed by atoms with Crippen molar-refractivity contribution in [2.75, 3.05) is 26.5 Å². The van der Waals surface area contributed by atoms with Crippen LogP contribution in [0.3, 0.4) is 0 Å². The van der Waals surface area contributed by atoms with Gasteiger partial charge in [0.25, 0.3) is 11.8 Å². The molecule has 2 fully saturated rings. The third-order valence-electron chi connectivity index (χ3n) is 4.39. The normalized spacial score (nSPS) is 25.2. The first-order chi connectivity index (χ1) is 14.5. The lowest BCUT2D eigenvalue weighted by Gasteiger charge is -2.39. The van der Waals surface area contributed by atoms with Gasteiger partial charge in [-0.2, -0.15) is 0 Å². The van der Waals surface area contributed by atoms with E-state index in [1.54, 1.807) is 5.32 Å². The number of aliphatic hydroxyl groups is 4. The van der Waals surface area contributed by atoms with Crippen molar-refractivity contribution in [1.29, 1.82) is 0 Å². The summed E-state index contributed by atoms with van der Waals surface area (Å²) in [6, 6.07) is -4.45. The molecule has 2 saturated heterocycles. The highest BCUT2D eigenvalue weighted by Gasteiger charge is 2.61. The van der Waals surface area contributed by atoms with Gasteiger partial charge >= 0.3 is 24.1 Å². The minimum absolute atomic E-state index is 0.656. The monoisotopic (exact) mass is 448 g/mol. The number of urea groups is 4. The third-order valence-corrected chi connectivity index (χ3v) is 4.39. The minimum atomic E-state index is -2.70. The molecule has 0 spiro atoms. The summed E-state index contributed by atoms with van der Waals surface area (Å²) >= 11 is 0. The molecule has 18 heteroatoms. The molecule has 2 heterocycles. The maximum absolute atomic E-state index is 12.1. The van der Waals surface area contributed by atoms with Crippen molar-refractivity contribution in [2.24, 2.45) is 0 Å². The molecule has 2 aliphatic rings. The minimum Gasteiger partial charge on any atom is -0.393 e. The van der Waals surface area contributed by atoms with E-state index in [2.05, 4.69) is 0 Å². The van der Waals surface area contributed by atoms with E-state index in [0.29, 0.717) is 0 Å². The summed E-state index contributed by atoms with van der Waals surface area (Å²) in [7, 11) is 0. The van der Waals surface area contributed by atoms with Crippen LogP contribution in [0.25, 0.3) is 0 Å². The Bertz CT molecular complexity index is 816. The molecule has 2 atom stereocenters. The number of imide groups is 2. The highest BCUT2D eigenvalue weighted by molar-refractivity contribution is 6.09. The van der Waals surface area contributed by atoms with Crippen LogP contribution in [0.2, 0.25) is 0 Å². The molecule has 18 nitrogen and oxygen atoms in total. The maximum Gasteiger partial charge on any atom is 0.323 e. The van der Waals surface area contributed by atoms with Crippen LogP contribution in [0.5, 0.6) is 0 Å². The summed E-state index contributed by atoms with van der Waals surface area (Å²) in [6.45, 7) is -4.12. The van der Waals surface area contributed by atoms with Crippen LogP contribution in [0.15, 0.2) is 0 Å². The predicted molar refractivity (Wildman–Crippen MR) is 93.2 cm³/mol. The average Bonchev–Trinajstić information content (AvgIpc) is 3.15. The lowest BCUT2D eigenvalue weighted by atomic mass is 9.88. The number of aliphatic hydroxyl groups excluding tert-OH is 3. The summed E-state index contributed by atoms with van der Waals surface area (Å²) in [5, 5.41) is 53.7. The van der Waals surface area contributed by atoms with Crippen molar-refractivity contribution in [3.05, 3.63) is 0 Å². The van der Waals surface area contributed by atoms with Crippen LogP contribution in [0.4, 0.5) is 19.2 Å². The van der Waals surface area contributed by atoms with Gasteiger partial charge in [0.05, 0.1) is 26.5 Å². The Labute approximate surface area is 172 Å². The van der Waals surface area contributed by atoms with Gasteiger partial charge in [-0.05, 0) is 0 Å². The maximum atomic E-state index is 12.1. The van der Waals surface area contributed by atoms with Crippen LogP contribution in [-0.4, -0.2) is 99.8 Å². The molecule has 0 bridgehead atoms. The van der Waals surface area contributed by atoms with Crippen molar-refractivity contribution in [3.63, 3.8) is 0 Å². The number of rotatable bonds is 8. The fraction of sp³-hybridized carbons (Fsp3) is 0.538. The second-order valence-electron chi connectivity index (χ2n) is 6.42. The van der Waals surface area contributed by atoms with Crippen LogP contribution in [-0.2, 0) is 9.59 Å². The Morgan fingerprint density at radius 3 is 1.77 bits per heavy atom. The summed E-state index contributed by atoms with van der Waals surface area (Å²) < 4.78 is 0. The highest BCUT2D eigenvalue weighted by atomic mass is 16.4. The molecule has 10 amide bonds. The molecular formula is C13H20N8O10. The Morgan fingerprint density at radius 2 is 1.35 bits per heavy atom. The third kappa shape index (κ3) is 4.26. The first-order valence-electron chi connectivity index (χ1n) is 8.41. The quantitative estimate of drug-likeness (QED) is 0.123. The van der Waals surface area contributed by atoms with Crippen molar-refractivity contribution < 1.29 is 49.2 Å². The Kier molecular flexibility index (Phi) is 6.49. The second-order valence-corrected chi connectivity index (χ2v) is 6.42. The highest BCUT2D eigenvalue weighted by Crippen LogP contribution is 2.23. The zero-order valence-electron chi connectivity index (χ0n) is 15.6. The summed E-state index contributed by atoms with van der Waals surface area (Å²) in [6.07, 6.45) is 0. The fourth-order valence-corrected chi connectivity index (χ4v) is 2.66. The molecule has 0 aromatic heterocycles. The van der Waals surface area contributed by atoms with Gasteiger partial charge in [0.1, 0.15) is 0 Å². The standard InChI is InChI=1S/C13H20N8O10/c22-1-11(31,2-23)13(6(26)17-10(30)21-13)20-8(28)15-4-14-7(27)18-12(3-24)5(25)16-9(29)19-12/h22-24,31H,1-4H2,(H2,14,18,27)(H2,15,20,28)(H2,16,19,25,29)(H2,17,21,26,30). The molecule has 0 saturated carbocycles. The number of hydrogen-bond donors (Lipinski definition) is 12. The molecule has 31 heavy (non-hydrogen) atoms. The van der Waals surface area contributed by atoms with Gasteiger partial charge in [-0.3, -0.25) is 20.2 Å². The topological polar surface area (TPSA) is 280 Å². The number of nitrogens with one attached hydrogen (secondary N) is 8. The zero-order chi connectivity index (χ0) is 23.4. The van der Waals surface area contributed by atoms with Crippen molar-refractivity contribution in [2.45, 2.75) is 16.9 Å². The first kappa shape index (κ1) is 23.5. The largest absolute Gasteiger partial charge is 0.393 e. The van der Waals surface area contributed by atoms with E-state index in [4.69, 9.17) is 0 Å². The van der Waals surface area contributed by atoms with E-state index >= 15 is 0 Å². The predicted octanol–water partition coefficient (Wildman–Crippen LogP) is -6.68. The molecule has 2 rings (SSSR count). The van der Waals surface area contributed by atoms with Crippen molar-refractivity contribution >= 4 is 35.9 Å². The molecule has 172 valence electrons. The molecular weight excluding hydrogens is 428 g/mol. The lowest BCUT2D eigenvalue weighted by molar-refractivity contribution is -0.151. The Hall–Kier alpha value is -3.74. The van der Waals surface area contributed by atoms with Gasteiger partial charge < -0.3 is 52.3 Å². The fourth-order valence-electron chi connectivity index (χ4n) is 2.66. The van der Waals surface area contributed by atoms with Crippen LogP contribution in [0, 0.1) is 0 Å². The SMILES string of the molecule is O=C(NCNC(=O)NC1(C(O)(CO)CO)NC(=O)NC1=O)NC1(CO)NC(=O)NC1=O. The van der Waals surface area contributed by atoms with Gasteiger partial charge in [-0.1, -0.05) is 0 Å². The van der Waals surface area contributed by atoms with Gasteiger partial charge in [-0.15, -0.1) is 0 Å². The first-order valence-corrected chi connectivity index (χ1v) is 8.41. The molecule has 2 unspecified atom stereocenters. The van der Waals surface area contributed by atoms with Crippen LogP contribution >= 0.6 is 0 Å². The molecule has 0 aromatic carbocycles. The number of carbonyl (C=O) groups is 6. The Balaban J connectivity index is 1.97.